The van der Waals surface area contributed by atoms with Crippen molar-refractivity contribution in [2.75, 3.05) is 5.73 Å². The van der Waals surface area contributed by atoms with Crippen LogP contribution in [0.1, 0.15) is 18.9 Å². The van der Waals surface area contributed by atoms with Crippen LogP contribution in [0.2, 0.25) is 5.15 Å². The molecule has 3 rings (SSSR count). The molecule has 1 aliphatic rings. The number of aromatic nitrogens is 4. The molecule has 0 spiro atoms. The van der Waals surface area contributed by atoms with Gasteiger partial charge in [0.25, 0.3) is 0 Å². The van der Waals surface area contributed by atoms with E-state index >= 15 is 0 Å². The normalized spacial score (nSPS) is 16.4. The Morgan fingerprint density at radius 3 is 2.93 bits per heavy atom. The number of nitrogen functional groups attached to an aromatic ring is 1. The monoisotopic (exact) mass is 209 g/mol. The number of nitrogens with two attached hydrogens (primary N) is 1. The van der Waals surface area contributed by atoms with Crippen LogP contribution in [0.4, 0.5) is 5.95 Å². The van der Waals surface area contributed by atoms with Crippen LogP contribution in [0.15, 0.2) is 6.33 Å². The molecule has 0 atom stereocenters. The minimum absolute atomic E-state index is 0.199. The van der Waals surface area contributed by atoms with Gasteiger partial charge in [0.05, 0.1) is 6.33 Å². The molecule has 2 aromatic rings. The highest BCUT2D eigenvalue weighted by atomic mass is 35.5. The maximum atomic E-state index is 5.89. The van der Waals surface area contributed by atoms with Crippen LogP contribution in [0.25, 0.3) is 11.2 Å². The third kappa shape index (κ3) is 1.05. The van der Waals surface area contributed by atoms with Crippen molar-refractivity contribution in [1.29, 1.82) is 0 Å². The van der Waals surface area contributed by atoms with Gasteiger partial charge in [0.2, 0.25) is 5.95 Å². The van der Waals surface area contributed by atoms with Gasteiger partial charge in [-0.05, 0) is 12.8 Å². The largest absolute Gasteiger partial charge is 0.368 e. The Labute approximate surface area is 84.9 Å². The second-order valence-corrected chi connectivity index (χ2v) is 3.79. The Balaban J connectivity index is 2.33. The average molecular weight is 210 g/mol. The molecule has 5 nitrogen and oxygen atoms in total. The van der Waals surface area contributed by atoms with Crippen LogP contribution in [0.3, 0.4) is 0 Å². The predicted molar refractivity (Wildman–Crippen MR) is 53.0 cm³/mol. The van der Waals surface area contributed by atoms with Gasteiger partial charge in [-0.1, -0.05) is 11.6 Å². The summed E-state index contributed by atoms with van der Waals surface area (Å²) in [7, 11) is 0. The molecule has 2 aromatic heterocycles. The lowest BCUT2D eigenvalue weighted by Crippen LogP contribution is -1.99. The number of fused-ring (bicyclic) bond motifs is 1. The van der Waals surface area contributed by atoms with Crippen molar-refractivity contribution >= 4 is 28.7 Å². The zero-order valence-corrected chi connectivity index (χ0v) is 8.07. The third-order valence-corrected chi connectivity index (χ3v) is 2.60. The molecule has 0 unspecified atom stereocenters. The first kappa shape index (κ1) is 7.99. The summed E-state index contributed by atoms with van der Waals surface area (Å²) in [6.07, 6.45) is 4.10. The summed E-state index contributed by atoms with van der Waals surface area (Å²) in [6.45, 7) is 0. The Hall–Kier alpha value is -1.36. The van der Waals surface area contributed by atoms with E-state index in [1.54, 1.807) is 6.33 Å². The lowest BCUT2D eigenvalue weighted by molar-refractivity contribution is 0.757. The van der Waals surface area contributed by atoms with Crippen molar-refractivity contribution < 1.29 is 0 Å². The van der Waals surface area contributed by atoms with Crippen LogP contribution >= 0.6 is 11.6 Å². The van der Waals surface area contributed by atoms with Gasteiger partial charge in [-0.2, -0.15) is 9.97 Å². The Bertz CT molecular complexity index is 502. The van der Waals surface area contributed by atoms with Gasteiger partial charge < -0.3 is 10.3 Å². The predicted octanol–water partition coefficient (Wildman–Crippen LogP) is 1.40. The van der Waals surface area contributed by atoms with Crippen LogP contribution in [0, 0.1) is 0 Å². The van der Waals surface area contributed by atoms with E-state index in [1.165, 1.54) is 12.8 Å². The van der Waals surface area contributed by atoms with Gasteiger partial charge >= 0.3 is 0 Å². The second-order valence-electron chi connectivity index (χ2n) is 3.43. The van der Waals surface area contributed by atoms with Crippen LogP contribution in [-0.4, -0.2) is 19.5 Å². The molecule has 0 aromatic carbocycles. The number of nitrogens with zero attached hydrogens (tertiary/aromatic N) is 4. The average Bonchev–Trinajstić information content (AvgIpc) is 2.87. The molecule has 14 heavy (non-hydrogen) atoms. The van der Waals surface area contributed by atoms with Crippen molar-refractivity contribution in [3.05, 3.63) is 11.5 Å². The van der Waals surface area contributed by atoms with E-state index in [2.05, 4.69) is 15.0 Å². The van der Waals surface area contributed by atoms with Crippen LogP contribution in [-0.2, 0) is 0 Å². The lowest BCUT2D eigenvalue weighted by atomic mass is 10.5. The van der Waals surface area contributed by atoms with Gasteiger partial charge in [-0.15, -0.1) is 0 Å². The molecule has 2 N–H and O–H groups in total. The SMILES string of the molecule is Nc1nc(Cl)c2ncn(C3CC3)c2n1. The zero-order chi connectivity index (χ0) is 9.71. The first-order valence-corrected chi connectivity index (χ1v) is 4.79. The molecular weight excluding hydrogens is 202 g/mol. The number of anilines is 1. The molecule has 1 saturated carbocycles. The van der Waals surface area contributed by atoms with Crippen molar-refractivity contribution in [3.63, 3.8) is 0 Å². The number of hydrogen-bond donors (Lipinski definition) is 1. The van der Waals surface area contributed by atoms with Crippen LogP contribution < -0.4 is 5.73 Å². The van der Waals surface area contributed by atoms with E-state index in [-0.39, 0.29) is 5.95 Å². The summed E-state index contributed by atoms with van der Waals surface area (Å²) < 4.78 is 2.01. The molecule has 0 radical (unpaired) electrons. The topological polar surface area (TPSA) is 69.6 Å². The number of rotatable bonds is 1. The molecular formula is C8H8ClN5. The van der Waals surface area contributed by atoms with Gasteiger partial charge in [-0.25, -0.2) is 4.98 Å². The molecule has 0 amide bonds. The summed E-state index contributed by atoms with van der Waals surface area (Å²) >= 11 is 5.89. The Morgan fingerprint density at radius 1 is 1.43 bits per heavy atom. The molecule has 2 heterocycles. The maximum Gasteiger partial charge on any atom is 0.223 e. The van der Waals surface area contributed by atoms with Gasteiger partial charge in [0, 0.05) is 6.04 Å². The molecule has 0 bridgehead atoms. The minimum Gasteiger partial charge on any atom is -0.368 e. The van der Waals surface area contributed by atoms with Crippen molar-refractivity contribution in [2.45, 2.75) is 18.9 Å². The number of halogens is 1. The third-order valence-electron chi connectivity index (χ3n) is 2.34. The molecule has 1 aliphatic carbocycles. The van der Waals surface area contributed by atoms with E-state index in [1.807, 2.05) is 4.57 Å². The quantitative estimate of drug-likeness (QED) is 0.721. The summed E-state index contributed by atoms with van der Waals surface area (Å²) in [4.78, 5) is 12.2. The molecule has 0 aliphatic heterocycles. The number of hydrogen-bond acceptors (Lipinski definition) is 4. The van der Waals surface area contributed by atoms with E-state index in [0.717, 1.165) is 5.65 Å². The first-order valence-electron chi connectivity index (χ1n) is 4.41. The second kappa shape index (κ2) is 2.57. The fourth-order valence-electron chi connectivity index (χ4n) is 1.52. The highest BCUT2D eigenvalue weighted by Crippen LogP contribution is 2.37. The Kier molecular flexibility index (Phi) is 1.47. The fourth-order valence-corrected chi connectivity index (χ4v) is 1.74. The van der Waals surface area contributed by atoms with Crippen molar-refractivity contribution in [3.8, 4) is 0 Å². The van der Waals surface area contributed by atoms with E-state index < -0.39 is 0 Å². The smallest absolute Gasteiger partial charge is 0.223 e. The zero-order valence-electron chi connectivity index (χ0n) is 7.31. The van der Waals surface area contributed by atoms with Crippen molar-refractivity contribution in [1.82, 2.24) is 19.5 Å². The standard InChI is InChI=1S/C8H8ClN5/c9-6-5-7(13-8(10)12-6)14(3-11-5)4-1-2-4/h3-4H,1-2H2,(H2,10,12,13). The fraction of sp³-hybridized carbons (Fsp3) is 0.375. The minimum atomic E-state index is 0.199. The van der Waals surface area contributed by atoms with Crippen molar-refractivity contribution in [2.24, 2.45) is 0 Å². The molecule has 1 fully saturated rings. The maximum absolute atomic E-state index is 5.89. The van der Waals surface area contributed by atoms with E-state index in [0.29, 0.717) is 16.7 Å². The summed E-state index contributed by atoms with van der Waals surface area (Å²) in [5.41, 5.74) is 6.90. The summed E-state index contributed by atoms with van der Waals surface area (Å²) in [6, 6.07) is 0.519. The van der Waals surface area contributed by atoms with Crippen LogP contribution in [0.5, 0.6) is 0 Å². The lowest BCUT2D eigenvalue weighted by Gasteiger charge is -2.00. The molecule has 6 heteroatoms. The molecule has 72 valence electrons. The summed E-state index contributed by atoms with van der Waals surface area (Å²) in [5, 5.41) is 0.326. The van der Waals surface area contributed by atoms with E-state index in [4.69, 9.17) is 17.3 Å². The van der Waals surface area contributed by atoms with Gasteiger partial charge in [-0.3, -0.25) is 0 Å². The highest BCUT2D eigenvalue weighted by Gasteiger charge is 2.26. The summed E-state index contributed by atoms with van der Waals surface area (Å²) in [5.74, 6) is 0.199. The van der Waals surface area contributed by atoms with E-state index in [9.17, 15) is 0 Å². The van der Waals surface area contributed by atoms with Gasteiger partial charge in [0.1, 0.15) is 5.52 Å². The van der Waals surface area contributed by atoms with Gasteiger partial charge in [0.15, 0.2) is 10.8 Å². The number of imidazole rings is 1. The molecule has 0 saturated heterocycles. The Morgan fingerprint density at radius 2 is 2.21 bits per heavy atom. The highest BCUT2D eigenvalue weighted by molar-refractivity contribution is 6.33. The first-order chi connectivity index (χ1) is 6.75.